The molecule has 1 saturated heterocycles. The Kier molecular flexibility index (Phi) is 5.95. The molecule has 5 nitrogen and oxygen atoms in total. The standard InChI is InChI=1S/C21H27N3O2/c1-2-12-23-21(26)24-18(13-22)20(19(24)14-25)17-10-8-16(9-11-17)15-6-4-3-5-7-15/h6,8-11,18-20,25H,2-5,7,12,14H2,1H3,(H,23,26)/t18-,19+,20+/m0/s1. The van der Waals surface area contributed by atoms with E-state index in [0.717, 1.165) is 24.8 Å². The van der Waals surface area contributed by atoms with E-state index in [0.29, 0.717) is 6.54 Å². The molecule has 1 aliphatic carbocycles. The molecule has 0 unspecified atom stereocenters. The molecule has 5 heteroatoms. The summed E-state index contributed by atoms with van der Waals surface area (Å²) < 4.78 is 0. The fraction of sp³-hybridized carbons (Fsp3) is 0.524. The van der Waals surface area contributed by atoms with Crippen LogP contribution in [0, 0.1) is 11.3 Å². The first kappa shape index (κ1) is 18.5. The molecule has 3 rings (SSSR count). The Morgan fingerprint density at radius 1 is 1.35 bits per heavy atom. The SMILES string of the molecule is CCCNC(=O)N1[C@H](CO)[C@H](c2ccc(C3=CCCCC3)cc2)[C@@H]1C#N. The molecule has 0 spiro atoms. The number of aliphatic hydroxyl groups excluding tert-OH is 1. The van der Waals surface area contributed by atoms with Crippen LogP contribution >= 0.6 is 0 Å². The number of rotatable bonds is 5. The van der Waals surface area contributed by atoms with Gasteiger partial charge in [0.15, 0.2) is 0 Å². The molecule has 1 aromatic carbocycles. The van der Waals surface area contributed by atoms with Gasteiger partial charge in [0.1, 0.15) is 6.04 Å². The molecule has 3 atom stereocenters. The molecule has 2 N–H and O–H groups in total. The predicted molar refractivity (Wildman–Crippen MR) is 101 cm³/mol. The topological polar surface area (TPSA) is 76.4 Å². The van der Waals surface area contributed by atoms with E-state index in [4.69, 9.17) is 0 Å². The van der Waals surface area contributed by atoms with E-state index in [9.17, 15) is 15.2 Å². The summed E-state index contributed by atoms with van der Waals surface area (Å²) in [6.07, 6.45) is 7.92. The lowest BCUT2D eigenvalue weighted by Gasteiger charge is -2.51. The highest BCUT2D eigenvalue weighted by Gasteiger charge is 2.51. The lowest BCUT2D eigenvalue weighted by molar-refractivity contribution is 0.0169. The summed E-state index contributed by atoms with van der Waals surface area (Å²) in [5.74, 6) is -0.147. The quantitative estimate of drug-likeness (QED) is 0.851. The Morgan fingerprint density at radius 2 is 2.12 bits per heavy atom. The highest BCUT2D eigenvalue weighted by atomic mass is 16.3. The van der Waals surface area contributed by atoms with E-state index >= 15 is 0 Å². The maximum Gasteiger partial charge on any atom is 0.318 e. The zero-order valence-corrected chi connectivity index (χ0v) is 15.3. The van der Waals surface area contributed by atoms with Crippen LogP contribution in [0.3, 0.4) is 0 Å². The van der Waals surface area contributed by atoms with Gasteiger partial charge in [0.2, 0.25) is 0 Å². The van der Waals surface area contributed by atoms with Crippen molar-refractivity contribution in [3.63, 3.8) is 0 Å². The van der Waals surface area contributed by atoms with Crippen molar-refractivity contribution in [3.05, 3.63) is 41.5 Å². The van der Waals surface area contributed by atoms with Crippen molar-refractivity contribution in [2.45, 2.75) is 57.0 Å². The van der Waals surface area contributed by atoms with Gasteiger partial charge in [-0.2, -0.15) is 5.26 Å². The highest BCUT2D eigenvalue weighted by Crippen LogP contribution is 2.41. The zero-order valence-electron chi connectivity index (χ0n) is 15.3. The number of allylic oxidation sites excluding steroid dienone is 2. The van der Waals surface area contributed by atoms with Gasteiger partial charge in [-0.15, -0.1) is 0 Å². The van der Waals surface area contributed by atoms with Crippen LogP contribution in [-0.2, 0) is 0 Å². The van der Waals surface area contributed by atoms with Gasteiger partial charge in [0.05, 0.1) is 18.7 Å². The number of hydrogen-bond donors (Lipinski definition) is 2. The Balaban J connectivity index is 1.76. The van der Waals surface area contributed by atoms with Crippen LogP contribution < -0.4 is 5.32 Å². The van der Waals surface area contributed by atoms with Gasteiger partial charge in [-0.1, -0.05) is 37.3 Å². The van der Waals surface area contributed by atoms with Crippen molar-refractivity contribution < 1.29 is 9.90 Å². The molecular weight excluding hydrogens is 326 g/mol. The summed E-state index contributed by atoms with van der Waals surface area (Å²) in [6.45, 7) is 2.41. The second-order valence-electron chi connectivity index (χ2n) is 7.09. The van der Waals surface area contributed by atoms with E-state index in [1.54, 1.807) is 0 Å². The Labute approximate surface area is 155 Å². The van der Waals surface area contributed by atoms with E-state index in [2.05, 4.69) is 29.6 Å². The fourth-order valence-electron chi connectivity index (χ4n) is 4.03. The largest absolute Gasteiger partial charge is 0.394 e. The van der Waals surface area contributed by atoms with Crippen LogP contribution in [0.4, 0.5) is 4.79 Å². The average Bonchev–Trinajstić information content (AvgIpc) is 2.67. The Morgan fingerprint density at radius 3 is 2.69 bits per heavy atom. The molecule has 0 radical (unpaired) electrons. The fourth-order valence-corrected chi connectivity index (χ4v) is 4.03. The van der Waals surface area contributed by atoms with Crippen LogP contribution in [0.2, 0.25) is 0 Å². The number of aliphatic hydroxyl groups is 1. The summed E-state index contributed by atoms with van der Waals surface area (Å²) in [4.78, 5) is 13.8. The first-order valence-electron chi connectivity index (χ1n) is 9.57. The minimum absolute atomic E-state index is 0.144. The molecule has 1 aliphatic heterocycles. The number of carbonyl (C=O) groups excluding carboxylic acids is 1. The summed E-state index contributed by atoms with van der Waals surface area (Å²) in [5.41, 5.74) is 3.64. The molecule has 1 aromatic rings. The maximum absolute atomic E-state index is 12.3. The second-order valence-corrected chi connectivity index (χ2v) is 7.09. The first-order chi connectivity index (χ1) is 12.7. The number of hydrogen-bond acceptors (Lipinski definition) is 3. The summed E-state index contributed by atoms with van der Waals surface area (Å²) in [7, 11) is 0. The Hall–Kier alpha value is -2.32. The number of nitrogens with zero attached hydrogens (tertiary/aromatic N) is 2. The summed E-state index contributed by atoms with van der Waals surface area (Å²) >= 11 is 0. The van der Waals surface area contributed by atoms with Crippen LogP contribution in [0.15, 0.2) is 30.3 Å². The number of urea groups is 1. The van der Waals surface area contributed by atoms with Crippen LogP contribution in [0.5, 0.6) is 0 Å². The predicted octanol–water partition coefficient (Wildman–Crippen LogP) is 3.42. The third kappa shape index (κ3) is 3.47. The average molecular weight is 353 g/mol. The molecule has 138 valence electrons. The zero-order chi connectivity index (χ0) is 18.5. The lowest BCUT2D eigenvalue weighted by Crippen LogP contribution is -2.67. The van der Waals surface area contributed by atoms with Crippen molar-refractivity contribution >= 4 is 11.6 Å². The molecule has 26 heavy (non-hydrogen) atoms. The third-order valence-corrected chi connectivity index (χ3v) is 5.45. The van der Waals surface area contributed by atoms with E-state index in [-0.39, 0.29) is 24.6 Å². The molecule has 2 amide bonds. The smallest absolute Gasteiger partial charge is 0.318 e. The minimum atomic E-state index is -0.538. The molecule has 0 bridgehead atoms. The second kappa shape index (κ2) is 8.37. The van der Waals surface area contributed by atoms with Crippen molar-refractivity contribution in [2.75, 3.05) is 13.2 Å². The van der Waals surface area contributed by atoms with Crippen molar-refractivity contribution in [1.29, 1.82) is 5.26 Å². The third-order valence-electron chi connectivity index (χ3n) is 5.45. The number of nitriles is 1. The van der Waals surface area contributed by atoms with Gasteiger partial charge >= 0.3 is 6.03 Å². The number of carbonyl (C=O) groups is 1. The Bertz CT molecular complexity index is 705. The van der Waals surface area contributed by atoms with Gasteiger partial charge in [0.25, 0.3) is 0 Å². The van der Waals surface area contributed by atoms with Crippen molar-refractivity contribution in [3.8, 4) is 6.07 Å². The monoisotopic (exact) mass is 353 g/mol. The molecular formula is C21H27N3O2. The van der Waals surface area contributed by atoms with Gasteiger partial charge in [-0.3, -0.25) is 0 Å². The molecule has 0 saturated carbocycles. The molecule has 2 aliphatic rings. The maximum atomic E-state index is 12.3. The lowest BCUT2D eigenvalue weighted by atomic mass is 9.75. The van der Waals surface area contributed by atoms with Crippen molar-refractivity contribution in [2.24, 2.45) is 0 Å². The first-order valence-corrected chi connectivity index (χ1v) is 9.57. The normalized spacial score (nSPS) is 25.0. The molecule has 1 heterocycles. The summed E-state index contributed by atoms with van der Waals surface area (Å²) in [5, 5.41) is 22.2. The van der Waals surface area contributed by atoms with Crippen LogP contribution in [0.1, 0.15) is 56.1 Å². The molecule has 1 fully saturated rings. The van der Waals surface area contributed by atoms with Crippen LogP contribution in [0.25, 0.3) is 5.57 Å². The van der Waals surface area contributed by atoms with Gasteiger partial charge in [-0.25, -0.2) is 4.79 Å². The van der Waals surface area contributed by atoms with Gasteiger partial charge in [0, 0.05) is 12.5 Å². The summed E-state index contributed by atoms with van der Waals surface area (Å²) in [6, 6.07) is 9.39. The van der Waals surface area contributed by atoms with E-state index < -0.39 is 6.04 Å². The number of amides is 2. The van der Waals surface area contributed by atoms with Gasteiger partial charge < -0.3 is 15.3 Å². The van der Waals surface area contributed by atoms with E-state index in [1.807, 2.05) is 19.1 Å². The molecule has 0 aromatic heterocycles. The highest BCUT2D eigenvalue weighted by molar-refractivity contribution is 5.77. The number of nitrogens with one attached hydrogen (secondary N) is 1. The van der Waals surface area contributed by atoms with Crippen molar-refractivity contribution in [1.82, 2.24) is 10.2 Å². The van der Waals surface area contributed by atoms with E-state index in [1.165, 1.54) is 28.9 Å². The minimum Gasteiger partial charge on any atom is -0.394 e. The van der Waals surface area contributed by atoms with Crippen LogP contribution in [-0.4, -0.2) is 41.3 Å². The number of benzene rings is 1. The van der Waals surface area contributed by atoms with Gasteiger partial charge in [-0.05, 0) is 48.8 Å². The number of likely N-dealkylation sites (tertiary alicyclic amines) is 1.